The highest BCUT2D eigenvalue weighted by Crippen LogP contribution is 2.24. The number of primary amides is 1. The Bertz CT molecular complexity index is 665. The van der Waals surface area contributed by atoms with E-state index in [1.165, 1.54) is 18.2 Å². The monoisotopic (exact) mass is 367 g/mol. The van der Waals surface area contributed by atoms with E-state index in [4.69, 9.17) is 22.1 Å². The van der Waals surface area contributed by atoms with Gasteiger partial charge in [-0.2, -0.15) is 0 Å². The Balaban J connectivity index is 1.84. The van der Waals surface area contributed by atoms with Gasteiger partial charge in [0.15, 0.2) is 6.61 Å². The summed E-state index contributed by atoms with van der Waals surface area (Å²) in [7, 11) is 0. The number of rotatable bonds is 5. The van der Waals surface area contributed by atoms with Gasteiger partial charge in [-0.15, -0.1) is 0 Å². The molecule has 1 fully saturated rings. The lowest BCUT2D eigenvalue weighted by Gasteiger charge is -2.29. The van der Waals surface area contributed by atoms with Gasteiger partial charge in [-0.3, -0.25) is 14.9 Å². The number of ether oxygens (including phenoxy) is 1. The third-order valence-corrected chi connectivity index (χ3v) is 4.48. The first kappa shape index (κ1) is 19.1. The Morgan fingerprint density at radius 3 is 2.68 bits per heavy atom. The van der Waals surface area contributed by atoms with Gasteiger partial charge in [-0.05, 0) is 37.0 Å². The smallest absolute Gasteiger partial charge is 0.321 e. The Morgan fingerprint density at radius 2 is 2.00 bits per heavy atom. The predicted molar refractivity (Wildman–Crippen MR) is 93.6 cm³/mol. The van der Waals surface area contributed by atoms with Gasteiger partial charge in [0.2, 0.25) is 0 Å². The molecule has 8 heteroatoms. The van der Waals surface area contributed by atoms with E-state index in [1.54, 1.807) is 0 Å². The third kappa shape index (κ3) is 5.63. The summed E-state index contributed by atoms with van der Waals surface area (Å²) in [5, 5.41) is 5.36. The van der Waals surface area contributed by atoms with Gasteiger partial charge >= 0.3 is 6.03 Å². The van der Waals surface area contributed by atoms with Crippen molar-refractivity contribution in [3.8, 4) is 5.75 Å². The maximum absolute atomic E-state index is 11.9. The number of benzene rings is 1. The molecule has 136 valence electrons. The molecule has 0 aromatic heterocycles. The van der Waals surface area contributed by atoms with E-state index in [0.717, 1.165) is 25.7 Å². The molecular weight excluding hydrogens is 346 g/mol. The van der Waals surface area contributed by atoms with Crippen LogP contribution in [0.15, 0.2) is 18.2 Å². The minimum Gasteiger partial charge on any atom is -0.483 e. The summed E-state index contributed by atoms with van der Waals surface area (Å²) in [5.41, 5.74) is 5.32. The molecule has 0 heterocycles. The number of nitrogens with two attached hydrogens (primary N) is 1. The predicted octanol–water partition coefficient (Wildman–Crippen LogP) is 2.22. The second-order valence-corrected chi connectivity index (χ2v) is 6.62. The lowest BCUT2D eigenvalue weighted by Crippen LogP contribution is -2.48. The molecule has 1 saturated carbocycles. The summed E-state index contributed by atoms with van der Waals surface area (Å²) in [6.07, 6.45) is 4.20. The van der Waals surface area contributed by atoms with Crippen molar-refractivity contribution in [1.29, 1.82) is 0 Å². The van der Waals surface area contributed by atoms with E-state index in [0.29, 0.717) is 10.9 Å². The molecular formula is C17H22ClN3O4. The molecule has 25 heavy (non-hydrogen) atoms. The summed E-state index contributed by atoms with van der Waals surface area (Å²) >= 11 is 5.80. The average molecular weight is 368 g/mol. The quantitative estimate of drug-likeness (QED) is 0.740. The van der Waals surface area contributed by atoms with Gasteiger partial charge < -0.3 is 15.8 Å². The molecule has 4 N–H and O–H groups in total. The van der Waals surface area contributed by atoms with E-state index in [-0.39, 0.29) is 17.4 Å². The summed E-state index contributed by atoms with van der Waals surface area (Å²) < 4.78 is 5.28. The van der Waals surface area contributed by atoms with Crippen molar-refractivity contribution in [2.24, 2.45) is 11.7 Å². The number of imide groups is 1. The van der Waals surface area contributed by atoms with Gasteiger partial charge in [0.05, 0.1) is 5.56 Å². The van der Waals surface area contributed by atoms with Crippen LogP contribution in [-0.2, 0) is 4.79 Å². The van der Waals surface area contributed by atoms with Crippen molar-refractivity contribution in [3.63, 3.8) is 0 Å². The zero-order chi connectivity index (χ0) is 18.4. The average Bonchev–Trinajstić information content (AvgIpc) is 2.55. The molecule has 7 nitrogen and oxygen atoms in total. The number of carbonyl (C=O) groups is 3. The lowest BCUT2D eigenvalue weighted by atomic mass is 9.86. The summed E-state index contributed by atoms with van der Waals surface area (Å²) in [6, 6.07) is 3.84. The van der Waals surface area contributed by atoms with Crippen LogP contribution in [-0.4, -0.2) is 30.5 Å². The van der Waals surface area contributed by atoms with Crippen molar-refractivity contribution in [2.75, 3.05) is 6.61 Å². The van der Waals surface area contributed by atoms with Crippen molar-refractivity contribution in [1.82, 2.24) is 10.6 Å². The largest absolute Gasteiger partial charge is 0.483 e. The van der Waals surface area contributed by atoms with Crippen molar-refractivity contribution < 1.29 is 19.1 Å². The van der Waals surface area contributed by atoms with E-state index in [1.807, 2.05) is 0 Å². The number of halogens is 1. The minimum atomic E-state index is -0.720. The minimum absolute atomic E-state index is 0.0696. The van der Waals surface area contributed by atoms with Crippen LogP contribution in [0.1, 0.15) is 43.0 Å². The van der Waals surface area contributed by atoms with E-state index >= 15 is 0 Å². The van der Waals surface area contributed by atoms with E-state index in [2.05, 4.69) is 17.6 Å². The topological polar surface area (TPSA) is 111 Å². The molecule has 0 saturated heterocycles. The van der Waals surface area contributed by atoms with Crippen LogP contribution < -0.4 is 21.1 Å². The first-order chi connectivity index (χ1) is 11.9. The van der Waals surface area contributed by atoms with Gasteiger partial charge in [0, 0.05) is 11.1 Å². The third-order valence-electron chi connectivity index (χ3n) is 4.25. The summed E-state index contributed by atoms with van der Waals surface area (Å²) in [4.78, 5) is 35.1. The van der Waals surface area contributed by atoms with Crippen molar-refractivity contribution >= 4 is 29.4 Å². The zero-order valence-corrected chi connectivity index (χ0v) is 14.8. The van der Waals surface area contributed by atoms with Crippen LogP contribution in [0.4, 0.5) is 4.79 Å². The van der Waals surface area contributed by atoms with Crippen molar-refractivity contribution in [3.05, 3.63) is 28.8 Å². The van der Waals surface area contributed by atoms with Gasteiger partial charge in [-0.1, -0.05) is 31.4 Å². The fraction of sp³-hybridized carbons (Fsp3) is 0.471. The maximum Gasteiger partial charge on any atom is 0.321 e. The SMILES string of the molecule is C[C@@H]1CCCC[C@H]1NC(=O)NC(=O)COc1ccc(Cl)cc1C(N)=O. The van der Waals surface area contributed by atoms with Crippen molar-refractivity contribution in [2.45, 2.75) is 38.6 Å². The van der Waals surface area contributed by atoms with Crippen LogP contribution in [0.2, 0.25) is 5.02 Å². The summed E-state index contributed by atoms with van der Waals surface area (Å²) in [6.45, 7) is 1.66. The highest BCUT2D eigenvalue weighted by atomic mass is 35.5. The highest BCUT2D eigenvalue weighted by molar-refractivity contribution is 6.31. The molecule has 0 aliphatic heterocycles. The second kappa shape index (κ2) is 8.71. The molecule has 1 aliphatic carbocycles. The van der Waals surface area contributed by atoms with Gasteiger partial charge in [0.1, 0.15) is 5.75 Å². The molecule has 0 bridgehead atoms. The van der Waals surface area contributed by atoms with Gasteiger partial charge in [0.25, 0.3) is 11.8 Å². The molecule has 1 aromatic rings. The van der Waals surface area contributed by atoms with Crippen LogP contribution in [0.5, 0.6) is 5.75 Å². The number of nitrogens with one attached hydrogen (secondary N) is 2. The summed E-state index contributed by atoms with van der Waals surface area (Å²) in [5.74, 6) is -0.820. The van der Waals surface area contributed by atoms with E-state index < -0.39 is 24.5 Å². The van der Waals surface area contributed by atoms with Crippen LogP contribution in [0.3, 0.4) is 0 Å². The lowest BCUT2D eigenvalue weighted by molar-refractivity contribution is -0.122. The maximum atomic E-state index is 11.9. The fourth-order valence-corrected chi connectivity index (χ4v) is 3.03. The molecule has 4 amide bonds. The second-order valence-electron chi connectivity index (χ2n) is 6.18. The number of hydrogen-bond donors (Lipinski definition) is 3. The Morgan fingerprint density at radius 1 is 1.28 bits per heavy atom. The zero-order valence-electron chi connectivity index (χ0n) is 14.0. The Kier molecular flexibility index (Phi) is 6.64. The number of urea groups is 1. The van der Waals surface area contributed by atoms with E-state index in [9.17, 15) is 14.4 Å². The molecule has 0 radical (unpaired) electrons. The number of hydrogen-bond acceptors (Lipinski definition) is 4. The fourth-order valence-electron chi connectivity index (χ4n) is 2.86. The highest BCUT2D eigenvalue weighted by Gasteiger charge is 2.23. The molecule has 0 spiro atoms. The first-order valence-corrected chi connectivity index (χ1v) is 8.57. The normalized spacial score (nSPS) is 19.8. The number of carbonyl (C=O) groups excluding carboxylic acids is 3. The molecule has 1 aliphatic rings. The van der Waals surface area contributed by atoms with Gasteiger partial charge in [-0.25, -0.2) is 4.79 Å². The molecule has 2 rings (SSSR count). The number of amides is 4. The molecule has 1 aromatic carbocycles. The Hall–Kier alpha value is -2.28. The van der Waals surface area contributed by atoms with Crippen LogP contribution >= 0.6 is 11.6 Å². The molecule has 2 atom stereocenters. The van der Waals surface area contributed by atoms with Crippen LogP contribution in [0.25, 0.3) is 0 Å². The first-order valence-electron chi connectivity index (χ1n) is 8.19. The van der Waals surface area contributed by atoms with Crippen LogP contribution in [0, 0.1) is 5.92 Å². The molecule has 0 unspecified atom stereocenters. The standard InChI is InChI=1S/C17H22ClN3O4/c1-10-4-2-3-5-13(10)20-17(24)21-15(22)9-25-14-7-6-11(18)8-12(14)16(19)23/h6-8,10,13H,2-5,9H2,1H3,(H2,19,23)(H2,20,21,22,24)/t10-,13-/m1/s1. The Labute approximate surface area is 151 Å².